The molecular weight excluding hydrogens is 258 g/mol. The van der Waals surface area contributed by atoms with E-state index in [9.17, 15) is 0 Å². The number of aryl methyl sites for hydroxylation is 1. The second kappa shape index (κ2) is 6.90. The van der Waals surface area contributed by atoms with Gasteiger partial charge in [0.15, 0.2) is 0 Å². The Morgan fingerprint density at radius 2 is 1.95 bits per heavy atom. The predicted octanol–water partition coefficient (Wildman–Crippen LogP) is 3.68. The third kappa shape index (κ3) is 3.35. The van der Waals surface area contributed by atoms with E-state index < -0.39 is 0 Å². The molecule has 2 heterocycles. The number of nitrogens with zero attached hydrogens (tertiary/aromatic N) is 2. The molecule has 3 nitrogen and oxygen atoms in total. The minimum atomic E-state index is 0.633. The van der Waals surface area contributed by atoms with Gasteiger partial charge in [0.2, 0.25) is 0 Å². The van der Waals surface area contributed by atoms with Crippen LogP contribution in [0.2, 0.25) is 0 Å². The Bertz CT molecular complexity index is 550. The van der Waals surface area contributed by atoms with E-state index in [4.69, 9.17) is 0 Å². The molecule has 1 aliphatic rings. The second-order valence-electron chi connectivity index (χ2n) is 5.98. The van der Waals surface area contributed by atoms with Crippen LogP contribution in [-0.2, 0) is 6.42 Å². The van der Waals surface area contributed by atoms with Crippen molar-refractivity contribution in [3.63, 3.8) is 0 Å². The number of imidazole rings is 1. The number of hydrogen-bond acceptors (Lipinski definition) is 2. The van der Waals surface area contributed by atoms with E-state index in [-0.39, 0.29) is 0 Å². The zero-order valence-electron chi connectivity index (χ0n) is 12.9. The van der Waals surface area contributed by atoms with Gasteiger partial charge in [-0.25, -0.2) is 4.98 Å². The normalized spacial score (nSPS) is 16.2. The largest absolute Gasteiger partial charge is 0.317 e. The minimum absolute atomic E-state index is 0.633. The van der Waals surface area contributed by atoms with Crippen LogP contribution >= 0.6 is 0 Å². The van der Waals surface area contributed by atoms with Crippen LogP contribution in [0.25, 0.3) is 5.69 Å². The van der Waals surface area contributed by atoms with Gasteiger partial charge < -0.3 is 9.88 Å². The maximum absolute atomic E-state index is 4.39. The van der Waals surface area contributed by atoms with E-state index in [1.807, 2.05) is 12.5 Å². The minimum Gasteiger partial charge on any atom is -0.317 e. The summed E-state index contributed by atoms with van der Waals surface area (Å²) >= 11 is 0. The number of aromatic nitrogens is 2. The number of hydrogen-bond donors (Lipinski definition) is 1. The molecule has 112 valence electrons. The van der Waals surface area contributed by atoms with Crippen LogP contribution in [0.1, 0.15) is 49.8 Å². The fraction of sp³-hybridized carbons (Fsp3) is 0.500. The van der Waals surface area contributed by atoms with E-state index in [2.05, 4.69) is 46.1 Å². The summed E-state index contributed by atoms with van der Waals surface area (Å²) in [5.74, 6) is 0.633. The Kier molecular flexibility index (Phi) is 4.71. The number of unbranched alkanes of at least 4 members (excludes halogenated alkanes) is 1. The van der Waals surface area contributed by atoms with Gasteiger partial charge in [-0.15, -0.1) is 0 Å². The lowest BCUT2D eigenvalue weighted by Gasteiger charge is -2.23. The fourth-order valence-corrected chi connectivity index (χ4v) is 3.14. The summed E-state index contributed by atoms with van der Waals surface area (Å²) in [6, 6.07) is 8.99. The van der Waals surface area contributed by atoms with Crippen molar-refractivity contribution in [3.8, 4) is 5.69 Å². The van der Waals surface area contributed by atoms with Gasteiger partial charge in [0.05, 0.1) is 6.33 Å². The van der Waals surface area contributed by atoms with Gasteiger partial charge in [-0.1, -0.05) is 25.5 Å². The highest BCUT2D eigenvalue weighted by Crippen LogP contribution is 2.27. The summed E-state index contributed by atoms with van der Waals surface area (Å²) in [6.45, 7) is 4.47. The summed E-state index contributed by atoms with van der Waals surface area (Å²) in [5, 5.41) is 3.43. The molecule has 1 aromatic heterocycles. The molecular formula is C18H25N3. The number of piperidine rings is 1. The third-order valence-electron chi connectivity index (χ3n) is 4.46. The molecule has 3 heteroatoms. The molecule has 0 unspecified atom stereocenters. The molecule has 1 saturated heterocycles. The lowest BCUT2D eigenvalue weighted by Crippen LogP contribution is -2.27. The number of benzene rings is 1. The first-order valence-electron chi connectivity index (χ1n) is 8.20. The summed E-state index contributed by atoms with van der Waals surface area (Å²) in [4.78, 5) is 4.39. The first kappa shape index (κ1) is 14.3. The molecule has 0 saturated carbocycles. The monoisotopic (exact) mass is 283 g/mol. The van der Waals surface area contributed by atoms with E-state index in [1.54, 1.807) is 0 Å². The summed E-state index contributed by atoms with van der Waals surface area (Å²) in [5.41, 5.74) is 4.03. The molecule has 0 spiro atoms. The summed E-state index contributed by atoms with van der Waals surface area (Å²) in [7, 11) is 0. The lowest BCUT2D eigenvalue weighted by molar-refractivity contribution is 0.449. The zero-order valence-corrected chi connectivity index (χ0v) is 12.9. The topological polar surface area (TPSA) is 29.9 Å². The van der Waals surface area contributed by atoms with Crippen molar-refractivity contribution in [2.45, 2.75) is 44.9 Å². The highest BCUT2D eigenvalue weighted by atomic mass is 15.1. The van der Waals surface area contributed by atoms with Crippen molar-refractivity contribution in [1.82, 2.24) is 14.9 Å². The number of nitrogens with one attached hydrogen (secondary N) is 1. The van der Waals surface area contributed by atoms with Gasteiger partial charge in [0.25, 0.3) is 0 Å². The quantitative estimate of drug-likeness (QED) is 0.907. The highest BCUT2D eigenvalue weighted by molar-refractivity contribution is 5.37. The molecule has 0 aliphatic carbocycles. The summed E-state index contributed by atoms with van der Waals surface area (Å²) in [6.07, 6.45) is 10.1. The Hall–Kier alpha value is -1.61. The Morgan fingerprint density at radius 3 is 2.67 bits per heavy atom. The maximum Gasteiger partial charge on any atom is 0.0994 e. The van der Waals surface area contributed by atoms with Gasteiger partial charge >= 0.3 is 0 Å². The van der Waals surface area contributed by atoms with Gasteiger partial charge in [0.1, 0.15) is 0 Å². The average Bonchev–Trinajstić information content (AvgIpc) is 3.04. The molecule has 2 aromatic rings. The Balaban J connectivity index is 1.78. The van der Waals surface area contributed by atoms with Crippen LogP contribution in [0, 0.1) is 0 Å². The standard InChI is InChI=1S/C18H25N3/c1-2-3-4-15-5-7-17(8-6-15)21-14-20-13-18(21)16-9-11-19-12-10-16/h5-8,13-14,16,19H,2-4,9-12H2,1H3. The smallest absolute Gasteiger partial charge is 0.0994 e. The van der Waals surface area contributed by atoms with E-state index >= 15 is 0 Å². The van der Waals surface area contributed by atoms with Crippen LogP contribution in [0.15, 0.2) is 36.8 Å². The zero-order chi connectivity index (χ0) is 14.5. The van der Waals surface area contributed by atoms with Crippen LogP contribution in [-0.4, -0.2) is 22.6 Å². The fourth-order valence-electron chi connectivity index (χ4n) is 3.14. The Morgan fingerprint density at radius 1 is 1.19 bits per heavy atom. The lowest BCUT2D eigenvalue weighted by atomic mass is 9.95. The predicted molar refractivity (Wildman–Crippen MR) is 87.0 cm³/mol. The van der Waals surface area contributed by atoms with Crippen molar-refractivity contribution in [3.05, 3.63) is 48.0 Å². The third-order valence-corrected chi connectivity index (χ3v) is 4.46. The molecule has 1 aliphatic heterocycles. The first-order chi connectivity index (χ1) is 10.4. The molecule has 1 N–H and O–H groups in total. The Labute approximate surface area is 127 Å². The van der Waals surface area contributed by atoms with Crippen LogP contribution < -0.4 is 5.32 Å². The van der Waals surface area contributed by atoms with Crippen LogP contribution in [0.3, 0.4) is 0 Å². The van der Waals surface area contributed by atoms with E-state index in [0.717, 1.165) is 13.1 Å². The van der Waals surface area contributed by atoms with Crippen LogP contribution in [0.5, 0.6) is 0 Å². The summed E-state index contributed by atoms with van der Waals surface area (Å²) < 4.78 is 2.26. The van der Waals surface area contributed by atoms with Crippen molar-refractivity contribution in [1.29, 1.82) is 0 Å². The second-order valence-corrected chi connectivity index (χ2v) is 5.98. The molecule has 21 heavy (non-hydrogen) atoms. The molecule has 0 atom stereocenters. The van der Waals surface area contributed by atoms with Gasteiger partial charge in [-0.05, 0) is 56.5 Å². The van der Waals surface area contributed by atoms with Gasteiger partial charge in [-0.2, -0.15) is 0 Å². The highest BCUT2D eigenvalue weighted by Gasteiger charge is 2.19. The molecule has 0 radical (unpaired) electrons. The average molecular weight is 283 g/mol. The molecule has 3 rings (SSSR count). The SMILES string of the molecule is CCCCc1ccc(-n2cncc2C2CCNCC2)cc1. The molecule has 0 amide bonds. The molecule has 1 aromatic carbocycles. The molecule has 1 fully saturated rings. The van der Waals surface area contributed by atoms with Crippen molar-refractivity contribution in [2.75, 3.05) is 13.1 Å². The van der Waals surface area contributed by atoms with Crippen molar-refractivity contribution in [2.24, 2.45) is 0 Å². The van der Waals surface area contributed by atoms with Crippen molar-refractivity contribution >= 4 is 0 Å². The number of rotatable bonds is 5. The first-order valence-corrected chi connectivity index (χ1v) is 8.20. The molecule has 0 bridgehead atoms. The van der Waals surface area contributed by atoms with Crippen LogP contribution in [0.4, 0.5) is 0 Å². The van der Waals surface area contributed by atoms with Gasteiger partial charge in [-0.3, -0.25) is 0 Å². The van der Waals surface area contributed by atoms with Gasteiger partial charge in [0, 0.05) is 23.5 Å². The van der Waals surface area contributed by atoms with E-state index in [0.29, 0.717) is 5.92 Å². The van der Waals surface area contributed by atoms with Crippen molar-refractivity contribution < 1.29 is 0 Å². The maximum atomic E-state index is 4.39. The van der Waals surface area contributed by atoms with E-state index in [1.165, 1.54) is 49.0 Å².